The molecule has 1 saturated carbocycles. The van der Waals surface area contributed by atoms with Gasteiger partial charge >= 0.3 is 0 Å². The SMILES string of the molecule is NC1CC(C2=CCCC=C2)C1. The normalized spacial score (nSPS) is 36.3. The first-order valence-corrected chi connectivity index (χ1v) is 4.48. The standard InChI is InChI=1S/C10H15N/c11-10-6-9(7-10)8-4-2-1-3-5-8/h2,4-5,9-10H,1,3,6-7,11H2. The van der Waals surface area contributed by atoms with Crippen LogP contribution in [0.15, 0.2) is 23.8 Å². The summed E-state index contributed by atoms with van der Waals surface area (Å²) in [7, 11) is 0. The van der Waals surface area contributed by atoms with Crippen LogP contribution in [0.1, 0.15) is 25.7 Å². The maximum absolute atomic E-state index is 5.72. The molecule has 60 valence electrons. The predicted molar refractivity (Wildman–Crippen MR) is 47.2 cm³/mol. The van der Waals surface area contributed by atoms with E-state index in [1.807, 2.05) is 0 Å². The third-order valence-corrected chi connectivity index (χ3v) is 2.67. The fourth-order valence-corrected chi connectivity index (χ4v) is 1.87. The van der Waals surface area contributed by atoms with Crippen molar-refractivity contribution >= 4 is 0 Å². The molecular weight excluding hydrogens is 134 g/mol. The first kappa shape index (κ1) is 7.11. The topological polar surface area (TPSA) is 26.0 Å². The fraction of sp³-hybridized carbons (Fsp3) is 0.600. The highest BCUT2D eigenvalue weighted by molar-refractivity contribution is 5.27. The summed E-state index contributed by atoms with van der Waals surface area (Å²) >= 11 is 0. The smallest absolute Gasteiger partial charge is 0.00504 e. The minimum absolute atomic E-state index is 0.483. The summed E-state index contributed by atoms with van der Waals surface area (Å²) in [6.45, 7) is 0. The van der Waals surface area contributed by atoms with Crippen LogP contribution in [-0.2, 0) is 0 Å². The summed E-state index contributed by atoms with van der Waals surface area (Å²) in [5.74, 6) is 0.793. The molecule has 1 fully saturated rings. The van der Waals surface area contributed by atoms with Crippen molar-refractivity contribution in [1.82, 2.24) is 0 Å². The van der Waals surface area contributed by atoms with Gasteiger partial charge in [0.05, 0.1) is 0 Å². The van der Waals surface area contributed by atoms with E-state index in [2.05, 4.69) is 18.2 Å². The zero-order valence-electron chi connectivity index (χ0n) is 6.79. The lowest BCUT2D eigenvalue weighted by Gasteiger charge is -2.34. The van der Waals surface area contributed by atoms with Crippen LogP contribution in [0.5, 0.6) is 0 Å². The second-order valence-corrected chi connectivity index (χ2v) is 3.61. The number of hydrogen-bond acceptors (Lipinski definition) is 1. The van der Waals surface area contributed by atoms with Gasteiger partial charge in [-0.15, -0.1) is 0 Å². The molecule has 0 heterocycles. The van der Waals surface area contributed by atoms with Gasteiger partial charge in [-0.25, -0.2) is 0 Å². The van der Waals surface area contributed by atoms with Gasteiger partial charge in [0.2, 0.25) is 0 Å². The van der Waals surface area contributed by atoms with Crippen molar-refractivity contribution in [3.63, 3.8) is 0 Å². The summed E-state index contributed by atoms with van der Waals surface area (Å²) in [6.07, 6.45) is 11.8. The molecular formula is C10H15N. The van der Waals surface area contributed by atoms with Crippen LogP contribution in [0.3, 0.4) is 0 Å². The van der Waals surface area contributed by atoms with E-state index >= 15 is 0 Å². The Bertz CT molecular complexity index is 197. The summed E-state index contributed by atoms with van der Waals surface area (Å²) in [4.78, 5) is 0. The maximum atomic E-state index is 5.72. The average molecular weight is 149 g/mol. The molecule has 0 radical (unpaired) electrons. The number of hydrogen-bond donors (Lipinski definition) is 1. The molecule has 0 aromatic rings. The number of nitrogens with two attached hydrogens (primary N) is 1. The Morgan fingerprint density at radius 1 is 1.27 bits per heavy atom. The summed E-state index contributed by atoms with van der Waals surface area (Å²) in [6, 6.07) is 0.483. The third-order valence-electron chi connectivity index (χ3n) is 2.67. The van der Waals surface area contributed by atoms with Gasteiger partial charge in [0, 0.05) is 6.04 Å². The predicted octanol–water partition coefficient (Wildman–Crippen LogP) is 2.00. The van der Waals surface area contributed by atoms with Crippen molar-refractivity contribution in [3.8, 4) is 0 Å². The summed E-state index contributed by atoms with van der Waals surface area (Å²) in [5, 5.41) is 0. The van der Waals surface area contributed by atoms with Crippen LogP contribution in [0.25, 0.3) is 0 Å². The Hall–Kier alpha value is -0.560. The van der Waals surface area contributed by atoms with E-state index in [0.717, 1.165) is 5.92 Å². The van der Waals surface area contributed by atoms with Gasteiger partial charge in [0.15, 0.2) is 0 Å². The van der Waals surface area contributed by atoms with E-state index in [4.69, 9.17) is 5.73 Å². The molecule has 11 heavy (non-hydrogen) atoms. The van der Waals surface area contributed by atoms with Gasteiger partial charge in [0.1, 0.15) is 0 Å². The summed E-state index contributed by atoms with van der Waals surface area (Å²) in [5.41, 5.74) is 7.26. The van der Waals surface area contributed by atoms with E-state index in [-0.39, 0.29) is 0 Å². The Morgan fingerprint density at radius 2 is 2.09 bits per heavy atom. The molecule has 2 rings (SSSR count). The first-order valence-electron chi connectivity index (χ1n) is 4.48. The van der Waals surface area contributed by atoms with Crippen molar-refractivity contribution in [2.24, 2.45) is 11.7 Å². The third kappa shape index (κ3) is 1.38. The van der Waals surface area contributed by atoms with Crippen molar-refractivity contribution in [2.45, 2.75) is 31.7 Å². The second-order valence-electron chi connectivity index (χ2n) is 3.61. The van der Waals surface area contributed by atoms with Gasteiger partial charge in [-0.1, -0.05) is 18.2 Å². The number of allylic oxidation sites excluding steroid dienone is 4. The van der Waals surface area contributed by atoms with Crippen molar-refractivity contribution < 1.29 is 0 Å². The van der Waals surface area contributed by atoms with Crippen LogP contribution in [-0.4, -0.2) is 6.04 Å². The van der Waals surface area contributed by atoms with E-state index in [9.17, 15) is 0 Å². The summed E-state index contributed by atoms with van der Waals surface area (Å²) < 4.78 is 0. The monoisotopic (exact) mass is 149 g/mol. The fourth-order valence-electron chi connectivity index (χ4n) is 1.87. The molecule has 1 heteroatoms. The Labute approximate surface area is 68.0 Å². The molecule has 0 aromatic carbocycles. The van der Waals surface area contributed by atoms with Gasteiger partial charge < -0.3 is 5.73 Å². The molecule has 2 aliphatic carbocycles. The molecule has 2 N–H and O–H groups in total. The lowest BCUT2D eigenvalue weighted by molar-refractivity contribution is 0.312. The molecule has 0 atom stereocenters. The van der Waals surface area contributed by atoms with Gasteiger partial charge in [-0.3, -0.25) is 0 Å². The van der Waals surface area contributed by atoms with E-state index in [0.29, 0.717) is 6.04 Å². The van der Waals surface area contributed by atoms with E-state index < -0.39 is 0 Å². The Balaban J connectivity index is 1.95. The molecule has 0 saturated heterocycles. The van der Waals surface area contributed by atoms with Crippen molar-refractivity contribution in [1.29, 1.82) is 0 Å². The molecule has 0 amide bonds. The van der Waals surface area contributed by atoms with Crippen LogP contribution in [0.2, 0.25) is 0 Å². The lowest BCUT2D eigenvalue weighted by atomic mass is 9.75. The highest BCUT2D eigenvalue weighted by Crippen LogP contribution is 2.34. The van der Waals surface area contributed by atoms with Crippen molar-refractivity contribution in [3.05, 3.63) is 23.8 Å². The van der Waals surface area contributed by atoms with Gasteiger partial charge in [-0.2, -0.15) is 0 Å². The van der Waals surface area contributed by atoms with Crippen LogP contribution < -0.4 is 5.73 Å². The Kier molecular flexibility index (Phi) is 1.82. The van der Waals surface area contributed by atoms with E-state index in [1.54, 1.807) is 0 Å². The molecule has 0 unspecified atom stereocenters. The quantitative estimate of drug-likeness (QED) is 0.606. The molecule has 0 aliphatic heterocycles. The molecule has 0 spiro atoms. The second kappa shape index (κ2) is 2.82. The van der Waals surface area contributed by atoms with Gasteiger partial charge in [0.25, 0.3) is 0 Å². The van der Waals surface area contributed by atoms with Gasteiger partial charge in [-0.05, 0) is 37.2 Å². The highest BCUT2D eigenvalue weighted by Gasteiger charge is 2.27. The Morgan fingerprint density at radius 3 is 2.64 bits per heavy atom. The lowest BCUT2D eigenvalue weighted by Crippen LogP contribution is -2.37. The van der Waals surface area contributed by atoms with E-state index in [1.165, 1.54) is 31.3 Å². The average Bonchev–Trinajstić information content (AvgIpc) is 2.01. The minimum atomic E-state index is 0.483. The van der Waals surface area contributed by atoms with Crippen molar-refractivity contribution in [2.75, 3.05) is 0 Å². The van der Waals surface area contributed by atoms with Crippen LogP contribution in [0, 0.1) is 5.92 Å². The first-order chi connectivity index (χ1) is 5.36. The van der Waals surface area contributed by atoms with Crippen LogP contribution in [0.4, 0.5) is 0 Å². The number of rotatable bonds is 1. The van der Waals surface area contributed by atoms with Crippen LogP contribution >= 0.6 is 0 Å². The maximum Gasteiger partial charge on any atom is 0.00504 e. The largest absolute Gasteiger partial charge is 0.328 e. The zero-order chi connectivity index (χ0) is 7.68. The molecule has 0 bridgehead atoms. The highest BCUT2D eigenvalue weighted by atomic mass is 14.7. The molecule has 2 aliphatic rings. The zero-order valence-corrected chi connectivity index (χ0v) is 6.79. The molecule has 1 nitrogen and oxygen atoms in total. The molecule has 0 aromatic heterocycles. The minimum Gasteiger partial charge on any atom is -0.328 e.